The lowest BCUT2D eigenvalue weighted by molar-refractivity contribution is 0.108. The fraction of sp³-hybridized carbons (Fsp3) is 1.00. The summed E-state index contributed by atoms with van der Waals surface area (Å²) in [7, 11) is 4.46. The van der Waals surface area contributed by atoms with Crippen molar-refractivity contribution in [2.75, 3.05) is 54.0 Å². The molecule has 0 bridgehead atoms. The van der Waals surface area contributed by atoms with Crippen LogP contribution in [-0.4, -0.2) is 72.4 Å². The van der Waals surface area contributed by atoms with E-state index >= 15 is 0 Å². The molecule has 0 aromatic heterocycles. The summed E-state index contributed by atoms with van der Waals surface area (Å²) >= 11 is 0. The molecule has 0 unspecified atom stereocenters. The zero-order valence-electron chi connectivity index (χ0n) is 11.2. The molecule has 4 nitrogen and oxygen atoms in total. The van der Waals surface area contributed by atoms with Gasteiger partial charge < -0.3 is 18.7 Å². The number of nitrogens with zero attached hydrogens (tertiary/aromatic N) is 2. The first kappa shape index (κ1) is 14.1. The summed E-state index contributed by atoms with van der Waals surface area (Å²) in [6.07, 6.45) is 1.17. The molecule has 0 radical (unpaired) electrons. The predicted molar refractivity (Wildman–Crippen MR) is 69.0 cm³/mol. The van der Waals surface area contributed by atoms with Crippen molar-refractivity contribution in [2.45, 2.75) is 19.0 Å². The number of hydrogen-bond acceptors (Lipinski definition) is 4. The van der Waals surface area contributed by atoms with Gasteiger partial charge in [0, 0.05) is 26.3 Å². The van der Waals surface area contributed by atoms with E-state index in [9.17, 15) is 0 Å². The van der Waals surface area contributed by atoms with Crippen molar-refractivity contribution in [3.63, 3.8) is 0 Å². The first-order valence-electron chi connectivity index (χ1n) is 6.13. The minimum absolute atomic E-state index is 0.821. The van der Waals surface area contributed by atoms with Gasteiger partial charge in [0.1, 0.15) is 0 Å². The summed E-state index contributed by atoms with van der Waals surface area (Å²) in [5.41, 5.74) is 0. The van der Waals surface area contributed by atoms with Crippen molar-refractivity contribution < 1.29 is 8.85 Å². The molecule has 1 fully saturated rings. The van der Waals surface area contributed by atoms with Crippen LogP contribution in [0.4, 0.5) is 0 Å². The van der Waals surface area contributed by atoms with E-state index in [2.05, 4.69) is 37.5 Å². The van der Waals surface area contributed by atoms with E-state index in [0.29, 0.717) is 0 Å². The molecule has 5 heteroatoms. The van der Waals surface area contributed by atoms with E-state index in [-0.39, 0.29) is 0 Å². The van der Waals surface area contributed by atoms with E-state index in [0.717, 1.165) is 38.9 Å². The summed E-state index contributed by atoms with van der Waals surface area (Å²) in [5, 5.41) is 0. The van der Waals surface area contributed by atoms with E-state index < -0.39 is 8.56 Å². The van der Waals surface area contributed by atoms with Crippen LogP contribution in [0.15, 0.2) is 0 Å². The number of rotatable bonds is 4. The van der Waals surface area contributed by atoms with E-state index in [1.807, 2.05) is 0 Å². The van der Waals surface area contributed by atoms with Crippen LogP contribution >= 0.6 is 0 Å². The Labute approximate surface area is 101 Å². The third kappa shape index (κ3) is 5.40. The SMILES string of the molecule is CN(C)CCC[Si]1(C)OCCN(C)CCO1. The second-order valence-electron chi connectivity index (χ2n) is 5.04. The van der Waals surface area contributed by atoms with Gasteiger partial charge in [-0.25, -0.2) is 0 Å². The molecule has 1 aliphatic rings. The third-order valence-corrected chi connectivity index (χ3v) is 5.89. The molecule has 0 atom stereocenters. The first-order chi connectivity index (χ1) is 7.52. The molecule has 96 valence electrons. The molecule has 1 aliphatic heterocycles. The van der Waals surface area contributed by atoms with Crippen LogP contribution in [0.5, 0.6) is 0 Å². The molecule has 0 aromatic carbocycles. The van der Waals surface area contributed by atoms with Crippen molar-refractivity contribution in [1.82, 2.24) is 9.80 Å². The lowest BCUT2D eigenvalue weighted by Gasteiger charge is -2.32. The van der Waals surface area contributed by atoms with Crippen molar-refractivity contribution in [2.24, 2.45) is 0 Å². The smallest absolute Gasteiger partial charge is 0.335 e. The molecule has 1 saturated heterocycles. The van der Waals surface area contributed by atoms with E-state index in [1.165, 1.54) is 6.42 Å². The van der Waals surface area contributed by atoms with Crippen LogP contribution < -0.4 is 0 Å². The van der Waals surface area contributed by atoms with Gasteiger partial charge in [-0.3, -0.25) is 0 Å². The molecule has 1 heterocycles. The quantitative estimate of drug-likeness (QED) is 0.691. The van der Waals surface area contributed by atoms with Crippen molar-refractivity contribution >= 4 is 8.56 Å². The van der Waals surface area contributed by atoms with Gasteiger partial charge in [-0.2, -0.15) is 0 Å². The monoisotopic (exact) mass is 246 g/mol. The highest BCUT2D eigenvalue weighted by Crippen LogP contribution is 2.17. The Morgan fingerprint density at radius 3 is 2.25 bits per heavy atom. The highest BCUT2D eigenvalue weighted by Gasteiger charge is 2.32. The predicted octanol–water partition coefficient (Wildman–Crippen LogP) is 0.989. The number of likely N-dealkylation sites (N-methyl/N-ethyl adjacent to an activating group) is 1. The van der Waals surface area contributed by atoms with Crippen LogP contribution in [0.3, 0.4) is 0 Å². The van der Waals surface area contributed by atoms with Gasteiger partial charge in [-0.1, -0.05) is 0 Å². The van der Waals surface area contributed by atoms with Crippen LogP contribution in [0, 0.1) is 0 Å². The normalized spacial score (nSPS) is 23.1. The fourth-order valence-corrected chi connectivity index (χ4v) is 4.07. The second-order valence-corrected chi connectivity index (χ2v) is 8.39. The Bertz CT molecular complexity index is 192. The highest BCUT2D eigenvalue weighted by atomic mass is 28.4. The molecule has 0 saturated carbocycles. The zero-order chi connectivity index (χ0) is 12.0. The summed E-state index contributed by atoms with van der Waals surface area (Å²) in [6.45, 7) is 7.02. The van der Waals surface area contributed by atoms with Gasteiger partial charge in [0.25, 0.3) is 0 Å². The minimum Gasteiger partial charge on any atom is -0.393 e. The van der Waals surface area contributed by atoms with Gasteiger partial charge in [0.05, 0.1) is 0 Å². The Morgan fingerprint density at radius 2 is 1.75 bits per heavy atom. The maximum absolute atomic E-state index is 5.98. The van der Waals surface area contributed by atoms with Crippen LogP contribution in [0.2, 0.25) is 12.6 Å². The third-order valence-electron chi connectivity index (χ3n) is 3.00. The van der Waals surface area contributed by atoms with Gasteiger partial charge >= 0.3 is 8.56 Å². The lowest BCUT2D eigenvalue weighted by Crippen LogP contribution is -2.45. The topological polar surface area (TPSA) is 24.9 Å². The van der Waals surface area contributed by atoms with Gasteiger partial charge in [0.15, 0.2) is 0 Å². The summed E-state index contributed by atoms with van der Waals surface area (Å²) in [5.74, 6) is 0. The first-order valence-corrected chi connectivity index (χ1v) is 8.65. The molecule has 0 N–H and O–H groups in total. The molecule has 16 heavy (non-hydrogen) atoms. The minimum atomic E-state index is -1.87. The Kier molecular flexibility index (Phi) is 5.92. The van der Waals surface area contributed by atoms with E-state index in [4.69, 9.17) is 8.85 Å². The maximum Gasteiger partial charge on any atom is 0.335 e. The molecular weight excluding hydrogens is 220 g/mol. The van der Waals surface area contributed by atoms with Gasteiger partial charge in [0.2, 0.25) is 0 Å². The number of hydrogen-bond donors (Lipinski definition) is 0. The maximum atomic E-state index is 5.98. The highest BCUT2D eigenvalue weighted by molar-refractivity contribution is 6.66. The largest absolute Gasteiger partial charge is 0.393 e. The van der Waals surface area contributed by atoms with Gasteiger partial charge in [-0.15, -0.1) is 0 Å². The van der Waals surface area contributed by atoms with Crippen molar-refractivity contribution in [1.29, 1.82) is 0 Å². The average molecular weight is 246 g/mol. The standard InChI is InChI=1S/C11H26N2O2Si/c1-12(2)6-5-11-16(4)14-9-7-13(3)8-10-15-16/h5-11H2,1-4H3. The Balaban J connectivity index is 2.30. The van der Waals surface area contributed by atoms with E-state index in [1.54, 1.807) is 0 Å². The Hall–Kier alpha value is 0.0569. The molecule has 0 amide bonds. The second kappa shape index (κ2) is 6.71. The molecular formula is C11H26N2O2Si. The summed E-state index contributed by atoms with van der Waals surface area (Å²) < 4.78 is 12.0. The Morgan fingerprint density at radius 1 is 1.19 bits per heavy atom. The molecule has 0 spiro atoms. The molecule has 0 aliphatic carbocycles. The summed E-state index contributed by atoms with van der Waals surface area (Å²) in [4.78, 5) is 4.47. The molecule has 0 aromatic rings. The average Bonchev–Trinajstić information content (AvgIpc) is 2.14. The van der Waals surface area contributed by atoms with Crippen LogP contribution in [0.1, 0.15) is 6.42 Å². The van der Waals surface area contributed by atoms with Crippen LogP contribution in [0.25, 0.3) is 0 Å². The van der Waals surface area contributed by atoms with Crippen molar-refractivity contribution in [3.8, 4) is 0 Å². The lowest BCUT2D eigenvalue weighted by atomic mass is 10.5. The van der Waals surface area contributed by atoms with Crippen LogP contribution in [-0.2, 0) is 8.85 Å². The van der Waals surface area contributed by atoms with Crippen molar-refractivity contribution in [3.05, 3.63) is 0 Å². The molecule has 1 rings (SSSR count). The zero-order valence-corrected chi connectivity index (χ0v) is 12.2. The van der Waals surface area contributed by atoms with Gasteiger partial charge in [-0.05, 0) is 46.7 Å². The fourth-order valence-electron chi connectivity index (χ4n) is 1.85. The summed E-state index contributed by atoms with van der Waals surface area (Å²) in [6, 6.07) is 1.11.